The lowest BCUT2D eigenvalue weighted by Crippen LogP contribution is -2.40. The van der Waals surface area contributed by atoms with Crippen molar-refractivity contribution in [1.29, 1.82) is 0 Å². The Balaban J connectivity index is 2.89. The van der Waals surface area contributed by atoms with Gasteiger partial charge in [0.15, 0.2) is 0 Å². The molecular weight excluding hydrogens is 354 g/mol. The second-order valence-corrected chi connectivity index (χ2v) is 5.17. The first-order chi connectivity index (χ1) is 7.95. The van der Waals surface area contributed by atoms with Crippen LogP contribution in [-0.2, 0) is 4.79 Å². The van der Waals surface area contributed by atoms with Gasteiger partial charge in [-0.3, -0.25) is 4.79 Å². The summed E-state index contributed by atoms with van der Waals surface area (Å²) in [6.07, 6.45) is 0.340. The average Bonchev–Trinajstić information content (AvgIpc) is 2.28. The first kappa shape index (κ1) is 14.2. The third kappa shape index (κ3) is 3.81. The number of benzene rings is 1. The van der Waals surface area contributed by atoms with E-state index in [0.29, 0.717) is 16.5 Å². The van der Waals surface area contributed by atoms with Gasteiger partial charge in [-0.2, -0.15) is 0 Å². The molecule has 0 aliphatic heterocycles. The van der Waals surface area contributed by atoms with Crippen molar-refractivity contribution in [3.8, 4) is 0 Å². The maximum Gasteiger partial charge on any atom is 0.326 e. The molecular formula is C11H11Br2NO3. The largest absolute Gasteiger partial charge is 0.480 e. The van der Waals surface area contributed by atoms with Gasteiger partial charge in [-0.25, -0.2) is 4.79 Å². The molecule has 92 valence electrons. The molecule has 0 aliphatic rings. The third-order valence-electron chi connectivity index (χ3n) is 2.18. The second kappa shape index (κ2) is 6.16. The molecule has 2 N–H and O–H groups in total. The van der Waals surface area contributed by atoms with E-state index in [-0.39, 0.29) is 0 Å². The number of carboxylic acids is 1. The summed E-state index contributed by atoms with van der Waals surface area (Å²) in [6.45, 7) is 1.70. The number of aliphatic carboxylic acids is 1. The van der Waals surface area contributed by atoms with E-state index in [1.165, 1.54) is 0 Å². The van der Waals surface area contributed by atoms with Crippen LogP contribution in [0.5, 0.6) is 0 Å². The van der Waals surface area contributed by atoms with Gasteiger partial charge in [0.2, 0.25) is 0 Å². The zero-order chi connectivity index (χ0) is 13.0. The minimum Gasteiger partial charge on any atom is -0.480 e. The van der Waals surface area contributed by atoms with Crippen molar-refractivity contribution in [2.45, 2.75) is 19.4 Å². The van der Waals surface area contributed by atoms with Gasteiger partial charge in [0.05, 0.1) is 5.56 Å². The predicted octanol–water partition coefficient (Wildman–Crippen LogP) is 2.80. The molecule has 0 radical (unpaired) electrons. The molecule has 0 saturated heterocycles. The average molecular weight is 365 g/mol. The van der Waals surface area contributed by atoms with Crippen LogP contribution >= 0.6 is 31.9 Å². The van der Waals surface area contributed by atoms with Crippen LogP contribution in [0.1, 0.15) is 23.7 Å². The van der Waals surface area contributed by atoms with Gasteiger partial charge in [0.25, 0.3) is 5.91 Å². The monoisotopic (exact) mass is 363 g/mol. The van der Waals surface area contributed by atoms with Crippen molar-refractivity contribution in [3.05, 3.63) is 32.7 Å². The SMILES string of the molecule is CCC(NC(=O)c1cc(Br)ccc1Br)C(=O)O. The number of nitrogens with one attached hydrogen (secondary N) is 1. The van der Waals surface area contributed by atoms with Crippen LogP contribution in [0.3, 0.4) is 0 Å². The van der Waals surface area contributed by atoms with Crippen molar-refractivity contribution in [1.82, 2.24) is 5.32 Å². The number of carbonyl (C=O) groups is 2. The lowest BCUT2D eigenvalue weighted by atomic mass is 10.1. The quantitative estimate of drug-likeness (QED) is 0.863. The highest BCUT2D eigenvalue weighted by atomic mass is 79.9. The Kier molecular flexibility index (Phi) is 5.14. The zero-order valence-corrected chi connectivity index (χ0v) is 12.2. The van der Waals surface area contributed by atoms with Crippen LogP contribution in [0.2, 0.25) is 0 Å². The van der Waals surface area contributed by atoms with E-state index in [0.717, 1.165) is 4.47 Å². The van der Waals surface area contributed by atoms with Crippen LogP contribution in [0.25, 0.3) is 0 Å². The number of carbonyl (C=O) groups excluding carboxylic acids is 1. The molecule has 0 saturated carbocycles. The second-order valence-electron chi connectivity index (χ2n) is 3.40. The maximum atomic E-state index is 11.9. The first-order valence-electron chi connectivity index (χ1n) is 4.94. The van der Waals surface area contributed by atoms with Crippen molar-refractivity contribution < 1.29 is 14.7 Å². The van der Waals surface area contributed by atoms with Gasteiger partial charge < -0.3 is 10.4 Å². The highest BCUT2D eigenvalue weighted by molar-refractivity contribution is 9.11. The Hall–Kier alpha value is -0.880. The van der Waals surface area contributed by atoms with E-state index < -0.39 is 17.9 Å². The van der Waals surface area contributed by atoms with Crippen LogP contribution < -0.4 is 5.32 Å². The molecule has 1 aromatic rings. The lowest BCUT2D eigenvalue weighted by Gasteiger charge is -2.13. The minimum atomic E-state index is -1.04. The lowest BCUT2D eigenvalue weighted by molar-refractivity contribution is -0.139. The Bertz CT molecular complexity index is 448. The summed E-state index contributed by atoms with van der Waals surface area (Å²) >= 11 is 6.51. The highest BCUT2D eigenvalue weighted by Gasteiger charge is 2.19. The number of rotatable bonds is 4. The highest BCUT2D eigenvalue weighted by Crippen LogP contribution is 2.21. The van der Waals surface area contributed by atoms with Crippen LogP contribution in [0.15, 0.2) is 27.1 Å². The van der Waals surface area contributed by atoms with E-state index in [4.69, 9.17) is 5.11 Å². The van der Waals surface area contributed by atoms with Crippen molar-refractivity contribution in [3.63, 3.8) is 0 Å². The Morgan fingerprint density at radius 3 is 2.59 bits per heavy atom. The summed E-state index contributed by atoms with van der Waals surface area (Å²) < 4.78 is 1.38. The van der Waals surface area contributed by atoms with Crippen molar-refractivity contribution >= 4 is 43.7 Å². The molecule has 0 aliphatic carbocycles. The number of hydrogen-bond acceptors (Lipinski definition) is 2. The van der Waals surface area contributed by atoms with E-state index in [1.807, 2.05) is 0 Å². The fraction of sp³-hybridized carbons (Fsp3) is 0.273. The smallest absolute Gasteiger partial charge is 0.326 e. The van der Waals surface area contributed by atoms with Crippen LogP contribution in [0.4, 0.5) is 0 Å². The topological polar surface area (TPSA) is 66.4 Å². The normalized spacial score (nSPS) is 11.9. The molecule has 17 heavy (non-hydrogen) atoms. The Morgan fingerprint density at radius 2 is 2.06 bits per heavy atom. The summed E-state index contributed by atoms with van der Waals surface area (Å²) in [4.78, 5) is 22.7. The van der Waals surface area contributed by atoms with Crippen LogP contribution in [-0.4, -0.2) is 23.0 Å². The number of amides is 1. The molecule has 0 aromatic heterocycles. The molecule has 1 aromatic carbocycles. The molecule has 0 bridgehead atoms. The maximum absolute atomic E-state index is 11.9. The van der Waals surface area contributed by atoms with Gasteiger partial charge in [-0.05, 0) is 40.5 Å². The summed E-state index contributed by atoms with van der Waals surface area (Å²) in [5, 5.41) is 11.3. The van der Waals surface area contributed by atoms with Crippen LogP contribution in [0, 0.1) is 0 Å². The first-order valence-corrected chi connectivity index (χ1v) is 6.53. The van der Waals surface area contributed by atoms with Gasteiger partial charge in [-0.1, -0.05) is 22.9 Å². The Morgan fingerprint density at radius 1 is 1.41 bits per heavy atom. The molecule has 4 nitrogen and oxygen atoms in total. The van der Waals surface area contributed by atoms with Gasteiger partial charge in [0, 0.05) is 8.95 Å². The van der Waals surface area contributed by atoms with E-state index in [1.54, 1.807) is 25.1 Å². The van der Waals surface area contributed by atoms with Gasteiger partial charge >= 0.3 is 5.97 Å². The van der Waals surface area contributed by atoms with Gasteiger partial charge in [-0.15, -0.1) is 0 Å². The summed E-state index contributed by atoms with van der Waals surface area (Å²) in [6, 6.07) is 4.28. The fourth-order valence-corrected chi connectivity index (χ4v) is 2.03. The standard InChI is InChI=1S/C11H11Br2NO3/c1-2-9(11(16)17)14-10(15)7-5-6(12)3-4-8(7)13/h3-5,9H,2H2,1H3,(H,14,15)(H,16,17). The third-order valence-corrected chi connectivity index (χ3v) is 3.37. The van der Waals surface area contributed by atoms with E-state index in [9.17, 15) is 9.59 Å². The molecule has 1 unspecified atom stereocenters. The molecule has 1 rings (SSSR count). The number of halogens is 2. The molecule has 0 heterocycles. The zero-order valence-electron chi connectivity index (χ0n) is 9.04. The summed E-state index contributed by atoms with van der Waals surface area (Å²) in [7, 11) is 0. The van der Waals surface area contributed by atoms with E-state index >= 15 is 0 Å². The molecule has 0 fully saturated rings. The summed E-state index contributed by atoms with van der Waals surface area (Å²) in [5.74, 6) is -1.45. The number of hydrogen-bond donors (Lipinski definition) is 2. The Labute approximate surface area is 116 Å². The molecule has 6 heteroatoms. The molecule has 1 atom stereocenters. The molecule has 0 spiro atoms. The van der Waals surface area contributed by atoms with Gasteiger partial charge in [0.1, 0.15) is 6.04 Å². The fourth-order valence-electron chi connectivity index (χ4n) is 1.25. The van der Waals surface area contributed by atoms with Crippen molar-refractivity contribution in [2.24, 2.45) is 0 Å². The predicted molar refractivity (Wildman–Crippen MR) is 71.0 cm³/mol. The number of carboxylic acid groups (broad SMARTS) is 1. The summed E-state index contributed by atoms with van der Waals surface area (Å²) in [5.41, 5.74) is 0.402. The van der Waals surface area contributed by atoms with Crippen molar-refractivity contribution in [2.75, 3.05) is 0 Å². The van der Waals surface area contributed by atoms with E-state index in [2.05, 4.69) is 37.2 Å². The molecule has 1 amide bonds. The minimum absolute atomic E-state index is 0.340.